The van der Waals surface area contributed by atoms with E-state index in [1.807, 2.05) is 29.6 Å². The maximum Gasteiger partial charge on any atom is 0.232 e. The number of nitrogens with one attached hydrogen (secondary N) is 1. The number of alkyl halides is 1. The van der Waals surface area contributed by atoms with E-state index in [0.29, 0.717) is 11.0 Å². The summed E-state index contributed by atoms with van der Waals surface area (Å²) < 4.78 is 0.425. The Morgan fingerprint density at radius 2 is 2.08 bits per heavy atom. The van der Waals surface area contributed by atoms with Crippen molar-refractivity contribution in [1.29, 1.82) is 0 Å². The first-order chi connectivity index (χ1) is 6.11. The number of halogens is 1. The van der Waals surface area contributed by atoms with Gasteiger partial charge in [0.15, 0.2) is 0 Å². The summed E-state index contributed by atoms with van der Waals surface area (Å²) in [7, 11) is 1.82. The zero-order valence-corrected chi connectivity index (χ0v) is 10.1. The summed E-state index contributed by atoms with van der Waals surface area (Å²) in [6.45, 7) is 3.03. The molecule has 4 nitrogen and oxygen atoms in total. The highest BCUT2D eigenvalue weighted by Gasteiger charge is 2.12. The van der Waals surface area contributed by atoms with Crippen molar-refractivity contribution < 1.29 is 9.59 Å². The van der Waals surface area contributed by atoms with Gasteiger partial charge in [0, 0.05) is 13.1 Å². The molecular weight excluding hydrogens is 283 g/mol. The van der Waals surface area contributed by atoms with E-state index in [1.165, 1.54) is 6.92 Å². The molecule has 0 rings (SSSR count). The van der Waals surface area contributed by atoms with Crippen LogP contribution in [0.3, 0.4) is 0 Å². The van der Waals surface area contributed by atoms with E-state index < -0.39 is 0 Å². The van der Waals surface area contributed by atoms with Crippen molar-refractivity contribution in [3.05, 3.63) is 0 Å². The molecule has 0 atom stereocenters. The van der Waals surface area contributed by atoms with Crippen molar-refractivity contribution in [1.82, 2.24) is 10.2 Å². The number of nitrogens with zero attached hydrogens (tertiary/aromatic N) is 1. The van der Waals surface area contributed by atoms with Crippen LogP contribution >= 0.6 is 22.6 Å². The van der Waals surface area contributed by atoms with E-state index in [1.54, 1.807) is 4.90 Å². The predicted octanol–water partition coefficient (Wildman–Crippen LogP) is 0.0584. The number of carbonyl (C=O) groups is 2. The first-order valence-corrected chi connectivity index (χ1v) is 5.62. The van der Waals surface area contributed by atoms with Crippen LogP contribution in [-0.4, -0.2) is 47.7 Å². The lowest BCUT2D eigenvalue weighted by molar-refractivity contribution is -0.132. The number of likely N-dealkylation sites (N-methyl/N-ethyl adjacent to an activating group) is 1. The molecule has 0 saturated carbocycles. The third-order valence-corrected chi connectivity index (χ3v) is 2.16. The molecule has 0 aliphatic heterocycles. The minimum atomic E-state index is 0.0195. The molecule has 0 heterocycles. The number of hydrogen-bond donors (Lipinski definition) is 1. The van der Waals surface area contributed by atoms with E-state index in [2.05, 4.69) is 5.32 Å². The molecule has 0 spiro atoms. The Morgan fingerprint density at radius 1 is 1.46 bits per heavy atom. The molecule has 0 unspecified atom stereocenters. The molecule has 0 aromatic carbocycles. The van der Waals surface area contributed by atoms with Gasteiger partial charge in [0.25, 0.3) is 0 Å². The van der Waals surface area contributed by atoms with Crippen LogP contribution in [0.1, 0.15) is 6.92 Å². The summed E-state index contributed by atoms with van der Waals surface area (Å²) in [6, 6.07) is 0. The molecule has 1 N–H and O–H groups in total. The Hall–Kier alpha value is -0.170. The van der Waals surface area contributed by atoms with Crippen LogP contribution in [0, 0.1) is 0 Å². The largest absolute Gasteiger partial charge is 0.333 e. The van der Waals surface area contributed by atoms with Crippen molar-refractivity contribution in [2.75, 3.05) is 31.1 Å². The van der Waals surface area contributed by atoms with Crippen LogP contribution in [0.15, 0.2) is 0 Å². The highest BCUT2D eigenvalue weighted by atomic mass is 127. The Kier molecular flexibility index (Phi) is 7.16. The maximum atomic E-state index is 11.3. The van der Waals surface area contributed by atoms with Gasteiger partial charge in [-0.25, -0.2) is 0 Å². The molecule has 0 fully saturated rings. The quantitative estimate of drug-likeness (QED) is 0.557. The van der Waals surface area contributed by atoms with Crippen LogP contribution in [0.25, 0.3) is 0 Å². The molecule has 0 bridgehead atoms. The third kappa shape index (κ3) is 5.98. The number of hydrogen-bond acceptors (Lipinski definition) is 3. The van der Waals surface area contributed by atoms with Gasteiger partial charge < -0.3 is 10.2 Å². The second kappa shape index (κ2) is 7.25. The topological polar surface area (TPSA) is 49.4 Å². The standard InChI is InChI=1S/C8H15IN2O2/c1-7(12)6-11(4-3-10-2)8(13)5-9/h10H,3-6H2,1-2H3. The summed E-state index contributed by atoms with van der Waals surface area (Å²) in [5, 5.41) is 2.94. The van der Waals surface area contributed by atoms with Crippen molar-refractivity contribution in [3.8, 4) is 0 Å². The van der Waals surface area contributed by atoms with Crippen molar-refractivity contribution in [3.63, 3.8) is 0 Å². The average Bonchev–Trinajstić information content (AvgIpc) is 2.10. The van der Waals surface area contributed by atoms with Gasteiger partial charge in [-0.1, -0.05) is 22.6 Å². The molecule has 13 heavy (non-hydrogen) atoms. The maximum absolute atomic E-state index is 11.3. The number of ketones is 1. The lowest BCUT2D eigenvalue weighted by Crippen LogP contribution is -2.39. The number of carbonyl (C=O) groups excluding carboxylic acids is 2. The van der Waals surface area contributed by atoms with Gasteiger partial charge in [-0.3, -0.25) is 9.59 Å². The highest BCUT2D eigenvalue weighted by Crippen LogP contribution is 1.94. The Balaban J connectivity index is 4.02. The van der Waals surface area contributed by atoms with Gasteiger partial charge in [-0.05, 0) is 14.0 Å². The van der Waals surface area contributed by atoms with E-state index >= 15 is 0 Å². The summed E-state index contributed by atoms with van der Waals surface area (Å²) in [5.41, 5.74) is 0. The number of amides is 1. The van der Waals surface area contributed by atoms with Gasteiger partial charge in [0.1, 0.15) is 5.78 Å². The van der Waals surface area contributed by atoms with Crippen molar-refractivity contribution >= 4 is 34.3 Å². The van der Waals surface area contributed by atoms with E-state index in [4.69, 9.17) is 0 Å². The lowest BCUT2D eigenvalue weighted by atomic mass is 10.3. The fourth-order valence-electron chi connectivity index (χ4n) is 0.892. The minimum absolute atomic E-state index is 0.0195. The number of Topliss-reactive ketones (excluding diaryl/α,β-unsaturated/α-hetero) is 1. The normalized spacial score (nSPS) is 9.77. The molecule has 0 aromatic rings. The predicted molar refractivity (Wildman–Crippen MR) is 60.1 cm³/mol. The minimum Gasteiger partial charge on any atom is -0.333 e. The molecule has 76 valence electrons. The Morgan fingerprint density at radius 3 is 2.46 bits per heavy atom. The second-order valence-corrected chi connectivity index (χ2v) is 3.52. The van der Waals surface area contributed by atoms with Gasteiger partial charge in [0.05, 0.1) is 11.0 Å². The SMILES string of the molecule is CNCCN(CC(C)=O)C(=O)CI. The fourth-order valence-corrected chi connectivity index (χ4v) is 1.37. The number of rotatable bonds is 6. The van der Waals surface area contributed by atoms with Gasteiger partial charge in [-0.2, -0.15) is 0 Å². The molecule has 0 radical (unpaired) electrons. The summed E-state index contributed by atoms with van der Waals surface area (Å²) in [6.07, 6.45) is 0. The van der Waals surface area contributed by atoms with Crippen LogP contribution in [0.4, 0.5) is 0 Å². The Labute approximate surface area is 92.2 Å². The zero-order valence-electron chi connectivity index (χ0n) is 7.97. The lowest BCUT2D eigenvalue weighted by Gasteiger charge is -2.19. The summed E-state index contributed by atoms with van der Waals surface area (Å²) >= 11 is 2.00. The summed E-state index contributed by atoms with van der Waals surface area (Å²) in [4.78, 5) is 23.7. The van der Waals surface area contributed by atoms with Gasteiger partial charge in [0.2, 0.25) is 5.91 Å². The van der Waals surface area contributed by atoms with E-state index in [0.717, 1.165) is 6.54 Å². The molecular formula is C8H15IN2O2. The van der Waals surface area contributed by atoms with Crippen molar-refractivity contribution in [2.24, 2.45) is 0 Å². The first-order valence-electron chi connectivity index (χ1n) is 4.09. The van der Waals surface area contributed by atoms with Crippen LogP contribution < -0.4 is 5.32 Å². The molecule has 0 aromatic heterocycles. The zero-order chi connectivity index (χ0) is 10.3. The van der Waals surface area contributed by atoms with Gasteiger partial charge >= 0.3 is 0 Å². The summed E-state index contributed by atoms with van der Waals surface area (Å²) in [5.74, 6) is 0.0420. The van der Waals surface area contributed by atoms with Crippen LogP contribution in [0.2, 0.25) is 0 Å². The van der Waals surface area contributed by atoms with Crippen LogP contribution in [0.5, 0.6) is 0 Å². The average molecular weight is 298 g/mol. The smallest absolute Gasteiger partial charge is 0.232 e. The van der Waals surface area contributed by atoms with E-state index in [-0.39, 0.29) is 18.2 Å². The molecule has 0 saturated heterocycles. The Bertz CT molecular complexity index is 185. The first kappa shape index (κ1) is 12.8. The highest BCUT2D eigenvalue weighted by molar-refractivity contribution is 14.1. The fraction of sp³-hybridized carbons (Fsp3) is 0.750. The molecule has 1 amide bonds. The van der Waals surface area contributed by atoms with Gasteiger partial charge in [-0.15, -0.1) is 0 Å². The molecule has 0 aliphatic carbocycles. The monoisotopic (exact) mass is 298 g/mol. The molecule has 0 aliphatic rings. The third-order valence-electron chi connectivity index (χ3n) is 1.51. The van der Waals surface area contributed by atoms with Crippen LogP contribution in [-0.2, 0) is 9.59 Å². The van der Waals surface area contributed by atoms with E-state index in [9.17, 15) is 9.59 Å². The second-order valence-electron chi connectivity index (χ2n) is 2.75. The molecule has 5 heteroatoms. The van der Waals surface area contributed by atoms with Crippen molar-refractivity contribution in [2.45, 2.75) is 6.92 Å².